The fourth-order valence-electron chi connectivity index (χ4n) is 5.32. The molecule has 3 aliphatic rings. The topological polar surface area (TPSA) is 120 Å². The van der Waals surface area contributed by atoms with Crippen LogP contribution in [0.4, 0.5) is 4.39 Å². The van der Waals surface area contributed by atoms with Crippen molar-refractivity contribution in [2.75, 3.05) is 45.1 Å². The molecule has 2 aliphatic heterocycles. The molecule has 0 aromatic heterocycles. The van der Waals surface area contributed by atoms with Crippen molar-refractivity contribution in [2.45, 2.75) is 81.7 Å². The van der Waals surface area contributed by atoms with E-state index in [1.54, 1.807) is 0 Å². The van der Waals surface area contributed by atoms with Gasteiger partial charge in [0.25, 0.3) is 10.1 Å². The van der Waals surface area contributed by atoms with Crippen LogP contribution in [0.1, 0.15) is 57.8 Å². The van der Waals surface area contributed by atoms with Gasteiger partial charge in [0.05, 0.1) is 17.2 Å². The van der Waals surface area contributed by atoms with E-state index in [4.69, 9.17) is 20.9 Å². The molecule has 204 valence electrons. The molecule has 3 fully saturated rings. The van der Waals surface area contributed by atoms with Gasteiger partial charge in [-0.1, -0.05) is 0 Å². The molecule has 3 unspecified atom stereocenters. The minimum absolute atomic E-state index is 0.0878. The Hall–Kier alpha value is -0.560. The number of nitrogens with zero attached hydrogens (tertiary/aromatic N) is 1. The Morgan fingerprint density at radius 1 is 1.14 bits per heavy atom. The van der Waals surface area contributed by atoms with E-state index in [1.165, 1.54) is 12.8 Å². The first-order valence-corrected chi connectivity index (χ1v) is 15.1. The van der Waals surface area contributed by atoms with E-state index in [0.29, 0.717) is 25.4 Å². The van der Waals surface area contributed by atoms with Gasteiger partial charge < -0.3 is 10.1 Å². The van der Waals surface area contributed by atoms with Gasteiger partial charge in [0, 0.05) is 52.2 Å². The van der Waals surface area contributed by atoms with Crippen molar-refractivity contribution in [1.82, 2.24) is 20.9 Å². The van der Waals surface area contributed by atoms with Crippen LogP contribution in [-0.4, -0.2) is 92.8 Å². The third-order valence-electron chi connectivity index (χ3n) is 7.40. The van der Waals surface area contributed by atoms with E-state index >= 15 is 0 Å². The van der Waals surface area contributed by atoms with Crippen LogP contribution in [0.25, 0.3) is 0 Å². The van der Waals surface area contributed by atoms with Gasteiger partial charge in [-0.05, 0) is 56.8 Å². The summed E-state index contributed by atoms with van der Waals surface area (Å²) in [5, 5.41) is 9.67. The predicted octanol–water partition coefficient (Wildman–Crippen LogP) is 1.87. The molecular weight excluding hydrogens is 499 g/mol. The average molecular weight is 541 g/mol. The van der Waals surface area contributed by atoms with Crippen LogP contribution in [0.15, 0.2) is 0 Å². The highest BCUT2D eigenvalue weighted by Crippen LogP contribution is 2.31. The number of ether oxygens (including phenoxy) is 1. The Morgan fingerprint density at radius 3 is 2.51 bits per heavy atom. The van der Waals surface area contributed by atoms with Crippen LogP contribution in [0.2, 0.25) is 0 Å². The molecule has 3 rings (SSSR count). The van der Waals surface area contributed by atoms with Crippen molar-refractivity contribution in [3.63, 3.8) is 0 Å². The Kier molecular flexibility index (Phi) is 11.9. The monoisotopic (exact) mass is 540 g/mol. The van der Waals surface area contributed by atoms with Gasteiger partial charge in [-0.15, -0.1) is 11.6 Å². The number of amides is 1. The fraction of sp³-hybridized carbons (Fsp3) is 0.957. The number of halogens is 2. The van der Waals surface area contributed by atoms with Gasteiger partial charge >= 0.3 is 0 Å². The summed E-state index contributed by atoms with van der Waals surface area (Å²) in [7, 11) is -4.02. The second kappa shape index (κ2) is 14.4. The Balaban J connectivity index is 1.21. The highest BCUT2D eigenvalue weighted by atomic mass is 35.5. The molecule has 12 heteroatoms. The van der Waals surface area contributed by atoms with Crippen LogP contribution in [-0.2, 0) is 19.6 Å². The molecule has 1 amide bonds. The average Bonchev–Trinajstić information content (AvgIpc) is 2.82. The normalized spacial score (nSPS) is 31.3. The number of likely N-dealkylation sites (tertiary alicyclic amines) is 1. The van der Waals surface area contributed by atoms with Crippen molar-refractivity contribution in [1.29, 1.82) is 0 Å². The first kappa shape index (κ1) is 29.0. The number of alkyl halides is 2. The van der Waals surface area contributed by atoms with Crippen molar-refractivity contribution < 1.29 is 26.9 Å². The van der Waals surface area contributed by atoms with Crippen molar-refractivity contribution in [3.8, 4) is 0 Å². The van der Waals surface area contributed by atoms with Gasteiger partial charge in [0.15, 0.2) is 0 Å². The minimum atomic E-state index is -4.02. The summed E-state index contributed by atoms with van der Waals surface area (Å²) in [6.45, 7) is 4.63. The molecule has 0 aromatic carbocycles. The second-order valence-corrected chi connectivity index (χ2v) is 12.4. The Labute approximate surface area is 214 Å². The minimum Gasteiger partial charge on any atom is -0.378 e. The predicted molar refractivity (Wildman–Crippen MR) is 134 cm³/mol. The van der Waals surface area contributed by atoms with Crippen LogP contribution in [0.3, 0.4) is 0 Å². The number of rotatable bonds is 12. The van der Waals surface area contributed by atoms with Gasteiger partial charge in [0.1, 0.15) is 12.5 Å². The zero-order valence-electron chi connectivity index (χ0n) is 20.5. The second-order valence-electron chi connectivity index (χ2n) is 10.2. The van der Waals surface area contributed by atoms with Gasteiger partial charge in [-0.2, -0.15) is 8.42 Å². The third-order valence-corrected chi connectivity index (χ3v) is 8.51. The Morgan fingerprint density at radius 2 is 1.86 bits per heavy atom. The molecular formula is C23H42ClFN4O5S. The van der Waals surface area contributed by atoms with Gasteiger partial charge in [0.2, 0.25) is 5.91 Å². The summed E-state index contributed by atoms with van der Waals surface area (Å²) >= 11 is 6.12. The van der Waals surface area contributed by atoms with Crippen molar-refractivity contribution in [2.24, 2.45) is 11.8 Å². The van der Waals surface area contributed by atoms with Crippen molar-refractivity contribution >= 4 is 27.6 Å². The third kappa shape index (κ3) is 10.8. The molecule has 4 N–H and O–H groups in total. The van der Waals surface area contributed by atoms with Gasteiger partial charge in [-0.3, -0.25) is 24.9 Å². The molecule has 1 aliphatic carbocycles. The van der Waals surface area contributed by atoms with E-state index in [-0.39, 0.29) is 49.0 Å². The maximum absolute atomic E-state index is 14.6. The summed E-state index contributed by atoms with van der Waals surface area (Å²) < 4.78 is 50.7. The van der Waals surface area contributed by atoms with Crippen LogP contribution >= 0.6 is 11.6 Å². The lowest BCUT2D eigenvalue weighted by Gasteiger charge is -2.41. The maximum Gasteiger partial charge on any atom is 0.264 e. The summed E-state index contributed by atoms with van der Waals surface area (Å²) in [4.78, 5) is 14.5. The first-order chi connectivity index (χ1) is 16.7. The molecule has 2 heterocycles. The van der Waals surface area contributed by atoms with Crippen LogP contribution < -0.4 is 16.0 Å². The summed E-state index contributed by atoms with van der Waals surface area (Å²) in [5.74, 6) is -0.299. The zero-order chi connectivity index (χ0) is 25.3. The van der Waals surface area contributed by atoms with Crippen LogP contribution in [0, 0.1) is 11.8 Å². The highest BCUT2D eigenvalue weighted by molar-refractivity contribution is 7.85. The zero-order valence-corrected chi connectivity index (χ0v) is 22.0. The molecule has 3 atom stereocenters. The largest absolute Gasteiger partial charge is 0.378 e. The molecule has 0 spiro atoms. The lowest BCUT2D eigenvalue weighted by atomic mass is 9.83. The molecule has 9 nitrogen and oxygen atoms in total. The Bertz CT molecular complexity index is 748. The molecule has 2 saturated heterocycles. The van der Waals surface area contributed by atoms with E-state index in [1.807, 2.05) is 0 Å². The molecule has 0 radical (unpaired) electrons. The fourth-order valence-corrected chi connectivity index (χ4v) is 6.01. The van der Waals surface area contributed by atoms with E-state index in [0.717, 1.165) is 45.4 Å². The van der Waals surface area contributed by atoms with E-state index < -0.39 is 22.0 Å². The maximum atomic E-state index is 14.6. The van der Waals surface area contributed by atoms with E-state index in [9.17, 15) is 17.6 Å². The quantitative estimate of drug-likeness (QED) is 0.168. The number of carbonyl (C=O) groups is 1. The molecule has 35 heavy (non-hydrogen) atoms. The number of hydrogen-bond donors (Lipinski definition) is 4. The molecule has 1 saturated carbocycles. The molecule has 0 aromatic rings. The number of carbonyl (C=O) groups excluding carboxylic acids is 1. The smallest absolute Gasteiger partial charge is 0.264 e. The lowest BCUT2D eigenvalue weighted by Crippen LogP contribution is -2.62. The number of hydrogen-bond acceptors (Lipinski definition) is 7. The summed E-state index contributed by atoms with van der Waals surface area (Å²) in [6.07, 6.45) is 5.46. The number of nitrogens with one attached hydrogen (secondary N) is 3. The van der Waals surface area contributed by atoms with Gasteiger partial charge in [-0.25, -0.2) is 4.39 Å². The van der Waals surface area contributed by atoms with E-state index in [2.05, 4.69) is 20.9 Å². The summed E-state index contributed by atoms with van der Waals surface area (Å²) in [6, 6.07) is 0. The first-order valence-electron chi connectivity index (χ1n) is 13.0. The van der Waals surface area contributed by atoms with Crippen molar-refractivity contribution in [3.05, 3.63) is 0 Å². The highest BCUT2D eigenvalue weighted by Gasteiger charge is 2.32. The number of piperidine rings is 1. The molecule has 0 bridgehead atoms. The SMILES string of the molecule is O=C(CC1CCC(OCCCC2CCN(C3NCC(Cl)CN3)CC2)CC1F)NCCCS(=O)(=O)O. The standard InChI is InChI=1S/C23H42ClFN4O5S/c24-19-15-27-23(28-16-19)29-9-6-17(7-10-29)3-1-11-34-20-5-4-18(21(25)14-20)13-22(30)26-8-2-12-35(31,32)33/h17-21,23,27-28H,1-16H2,(H,26,30)(H,31,32,33). The lowest BCUT2D eigenvalue weighted by molar-refractivity contribution is -0.123. The van der Waals surface area contributed by atoms with Crippen LogP contribution in [0.5, 0.6) is 0 Å². The summed E-state index contributed by atoms with van der Waals surface area (Å²) in [5.41, 5.74) is 0.